The number of furan rings is 1. The molecule has 1 N–H and O–H groups in total. The molecule has 0 saturated carbocycles. The number of halogens is 2. The van der Waals surface area contributed by atoms with Crippen LogP contribution < -0.4 is 5.32 Å². The molecule has 184 valence electrons. The summed E-state index contributed by atoms with van der Waals surface area (Å²) in [5.74, 6) is 5.48. The highest BCUT2D eigenvalue weighted by Gasteiger charge is 2.14. The summed E-state index contributed by atoms with van der Waals surface area (Å²) in [5, 5.41) is 7.94. The van der Waals surface area contributed by atoms with E-state index in [0.717, 1.165) is 53.9 Å². The summed E-state index contributed by atoms with van der Waals surface area (Å²) < 4.78 is 21.2. The summed E-state index contributed by atoms with van der Waals surface area (Å²) in [4.78, 5) is 11.5. The third kappa shape index (κ3) is 6.15. The Hall–Kier alpha value is -2.62. The van der Waals surface area contributed by atoms with Gasteiger partial charge in [-0.1, -0.05) is 11.6 Å². The van der Waals surface area contributed by atoms with Gasteiger partial charge in [-0.3, -0.25) is 4.90 Å². The van der Waals surface area contributed by atoms with Gasteiger partial charge in [0.25, 0.3) is 5.78 Å². The largest absolute Gasteiger partial charge is 0.464 e. The number of thioether (sulfide) groups is 1. The van der Waals surface area contributed by atoms with Gasteiger partial charge in [-0.2, -0.15) is 21.3 Å². The number of hydrogen-bond donors (Lipinski definition) is 1. The third-order valence-corrected chi connectivity index (χ3v) is 7.26. The Morgan fingerprint density at radius 1 is 1.11 bits per heavy atom. The minimum Gasteiger partial charge on any atom is -0.464 e. The molecule has 1 saturated heterocycles. The zero-order chi connectivity index (χ0) is 24.2. The molecule has 0 aliphatic carbocycles. The minimum absolute atomic E-state index is 0.0613. The SMILES string of the molecule is Cc1cc(Nc2ccc(F)c(Cl)c2)n2nc(CCCSCc3ccc(CN4CCCC4)o3)nc2n1. The van der Waals surface area contributed by atoms with Crippen molar-refractivity contribution in [2.45, 2.75) is 44.9 Å². The Morgan fingerprint density at radius 2 is 1.94 bits per heavy atom. The standard InChI is InChI=1S/C25H28ClFN6OS/c1-17-13-24(29-18-6-9-22(27)21(26)14-18)33-25(28-17)30-23(31-33)5-4-12-35-16-20-8-7-19(34-20)15-32-10-2-3-11-32/h6-9,13-14,29H,2-5,10-12,15-16H2,1H3. The van der Waals surface area contributed by atoms with Crippen LogP contribution in [0.2, 0.25) is 5.02 Å². The number of likely N-dealkylation sites (tertiary alicyclic amines) is 1. The monoisotopic (exact) mass is 514 g/mol. The quantitative estimate of drug-likeness (QED) is 0.259. The van der Waals surface area contributed by atoms with Crippen LogP contribution in [0.3, 0.4) is 0 Å². The van der Waals surface area contributed by atoms with Gasteiger partial charge in [-0.15, -0.1) is 5.10 Å². The zero-order valence-electron chi connectivity index (χ0n) is 19.6. The van der Waals surface area contributed by atoms with Gasteiger partial charge in [0.15, 0.2) is 5.82 Å². The van der Waals surface area contributed by atoms with Crippen LogP contribution in [0, 0.1) is 12.7 Å². The van der Waals surface area contributed by atoms with Gasteiger partial charge in [-0.05, 0) is 75.4 Å². The first-order chi connectivity index (χ1) is 17.0. The lowest BCUT2D eigenvalue weighted by molar-refractivity contribution is 0.294. The van der Waals surface area contributed by atoms with Crippen LogP contribution in [0.4, 0.5) is 15.9 Å². The van der Waals surface area contributed by atoms with E-state index in [9.17, 15) is 4.39 Å². The van der Waals surface area contributed by atoms with Gasteiger partial charge in [0, 0.05) is 23.9 Å². The van der Waals surface area contributed by atoms with E-state index in [1.54, 1.807) is 16.6 Å². The number of anilines is 2. The Bertz CT molecular complexity index is 1300. The second kappa shape index (κ2) is 11.0. The van der Waals surface area contributed by atoms with Crippen molar-refractivity contribution in [1.29, 1.82) is 0 Å². The summed E-state index contributed by atoms with van der Waals surface area (Å²) in [6.07, 6.45) is 4.30. The smallest absolute Gasteiger partial charge is 0.254 e. The van der Waals surface area contributed by atoms with Crippen molar-refractivity contribution < 1.29 is 8.81 Å². The van der Waals surface area contributed by atoms with Crippen molar-refractivity contribution in [3.63, 3.8) is 0 Å². The Kier molecular flexibility index (Phi) is 7.55. The maximum Gasteiger partial charge on any atom is 0.254 e. The van der Waals surface area contributed by atoms with Crippen LogP contribution >= 0.6 is 23.4 Å². The summed E-state index contributed by atoms with van der Waals surface area (Å²) >= 11 is 7.78. The number of aryl methyl sites for hydroxylation is 2. The summed E-state index contributed by atoms with van der Waals surface area (Å²) in [5.41, 5.74) is 1.48. The normalized spacial score (nSPS) is 14.3. The molecule has 1 aliphatic heterocycles. The van der Waals surface area contributed by atoms with Crippen molar-refractivity contribution in [3.05, 3.63) is 70.3 Å². The van der Waals surface area contributed by atoms with Crippen molar-refractivity contribution >= 4 is 40.6 Å². The lowest BCUT2D eigenvalue weighted by Crippen LogP contribution is -2.17. The summed E-state index contributed by atoms with van der Waals surface area (Å²) in [7, 11) is 0. The summed E-state index contributed by atoms with van der Waals surface area (Å²) in [6.45, 7) is 5.17. The number of benzene rings is 1. The van der Waals surface area contributed by atoms with E-state index in [4.69, 9.17) is 16.0 Å². The van der Waals surface area contributed by atoms with Gasteiger partial charge in [0.2, 0.25) is 0 Å². The van der Waals surface area contributed by atoms with Gasteiger partial charge in [0.1, 0.15) is 23.2 Å². The molecule has 1 aromatic carbocycles. The molecule has 0 bridgehead atoms. The molecule has 4 heterocycles. The highest BCUT2D eigenvalue weighted by atomic mass is 35.5. The molecule has 5 rings (SSSR count). The van der Waals surface area contributed by atoms with Crippen LogP contribution in [-0.4, -0.2) is 43.3 Å². The molecule has 7 nitrogen and oxygen atoms in total. The minimum atomic E-state index is -0.455. The average Bonchev–Trinajstić information content (AvgIpc) is 3.58. The van der Waals surface area contributed by atoms with Gasteiger partial charge in [-0.25, -0.2) is 9.37 Å². The molecule has 0 unspecified atom stereocenters. The fourth-order valence-corrected chi connectivity index (χ4v) is 5.23. The highest BCUT2D eigenvalue weighted by Crippen LogP contribution is 2.24. The number of rotatable bonds is 10. The van der Waals surface area contributed by atoms with E-state index in [2.05, 4.69) is 37.4 Å². The third-order valence-electron chi connectivity index (χ3n) is 5.90. The second-order valence-corrected chi connectivity index (χ2v) is 10.3. The van der Waals surface area contributed by atoms with E-state index in [-0.39, 0.29) is 5.02 Å². The first-order valence-electron chi connectivity index (χ1n) is 11.9. The first kappa shape index (κ1) is 24.1. The van der Waals surface area contributed by atoms with E-state index in [0.29, 0.717) is 17.3 Å². The van der Waals surface area contributed by atoms with E-state index < -0.39 is 5.82 Å². The maximum atomic E-state index is 13.5. The Labute approximate surface area is 213 Å². The van der Waals surface area contributed by atoms with Crippen LogP contribution in [-0.2, 0) is 18.7 Å². The molecule has 3 aromatic heterocycles. The number of nitrogens with one attached hydrogen (secondary N) is 1. The fourth-order valence-electron chi connectivity index (χ4n) is 4.20. The zero-order valence-corrected chi connectivity index (χ0v) is 21.2. The Balaban J connectivity index is 1.14. The predicted octanol–water partition coefficient (Wildman–Crippen LogP) is 6.02. The molecule has 1 fully saturated rings. The average molecular weight is 515 g/mol. The first-order valence-corrected chi connectivity index (χ1v) is 13.4. The molecule has 0 atom stereocenters. The van der Waals surface area contributed by atoms with Gasteiger partial charge >= 0.3 is 0 Å². The van der Waals surface area contributed by atoms with Crippen molar-refractivity contribution in [2.75, 3.05) is 24.2 Å². The van der Waals surface area contributed by atoms with Crippen LogP contribution in [0.25, 0.3) is 5.78 Å². The fraction of sp³-hybridized carbons (Fsp3) is 0.400. The van der Waals surface area contributed by atoms with Crippen molar-refractivity contribution in [3.8, 4) is 0 Å². The van der Waals surface area contributed by atoms with Crippen LogP contribution in [0.15, 0.2) is 40.8 Å². The van der Waals surface area contributed by atoms with E-state index >= 15 is 0 Å². The highest BCUT2D eigenvalue weighted by molar-refractivity contribution is 7.98. The van der Waals surface area contributed by atoms with E-state index in [1.165, 1.54) is 32.0 Å². The lowest BCUT2D eigenvalue weighted by atomic mass is 10.3. The molecular formula is C25H28ClFN6OS. The second-order valence-electron chi connectivity index (χ2n) is 8.78. The number of aromatic nitrogens is 4. The molecule has 0 radical (unpaired) electrons. The maximum absolute atomic E-state index is 13.5. The van der Waals surface area contributed by atoms with Crippen molar-refractivity contribution in [2.24, 2.45) is 0 Å². The summed E-state index contributed by atoms with van der Waals surface area (Å²) in [6, 6.07) is 10.6. The van der Waals surface area contributed by atoms with E-state index in [1.807, 2.05) is 24.8 Å². The molecule has 10 heteroatoms. The molecule has 0 amide bonds. The molecule has 4 aromatic rings. The number of nitrogens with zero attached hydrogens (tertiary/aromatic N) is 5. The Morgan fingerprint density at radius 3 is 2.77 bits per heavy atom. The molecule has 1 aliphatic rings. The molecule has 0 spiro atoms. The van der Waals surface area contributed by atoms with Crippen LogP contribution in [0.5, 0.6) is 0 Å². The predicted molar refractivity (Wildman–Crippen MR) is 138 cm³/mol. The number of fused-ring (bicyclic) bond motifs is 1. The van der Waals surface area contributed by atoms with Gasteiger partial charge in [0.05, 0.1) is 17.3 Å². The van der Waals surface area contributed by atoms with Gasteiger partial charge < -0.3 is 9.73 Å². The molecule has 35 heavy (non-hydrogen) atoms. The molecular weight excluding hydrogens is 487 g/mol. The number of hydrogen-bond acceptors (Lipinski definition) is 7. The van der Waals surface area contributed by atoms with Crippen LogP contribution in [0.1, 0.15) is 42.3 Å². The van der Waals surface area contributed by atoms with Crippen molar-refractivity contribution in [1.82, 2.24) is 24.5 Å². The topological polar surface area (TPSA) is 71.5 Å². The lowest BCUT2D eigenvalue weighted by Gasteiger charge is -2.11.